The molecule has 5 heteroatoms. The molecule has 5 nitrogen and oxygen atoms in total. The van der Waals surface area contributed by atoms with Crippen LogP contribution in [0.25, 0.3) is 0 Å². The fourth-order valence-corrected chi connectivity index (χ4v) is 1.85. The second kappa shape index (κ2) is 4.57. The molecule has 2 amide bonds. The molecule has 2 heterocycles. The van der Waals surface area contributed by atoms with Crippen molar-refractivity contribution in [2.45, 2.75) is 19.4 Å². The Balaban J connectivity index is 1.98. The Labute approximate surface area is 94.0 Å². The number of aliphatic hydroxyl groups excluding tert-OH is 1. The minimum atomic E-state index is -0.0903. The fraction of sp³-hybridized carbons (Fsp3) is 0.545. The number of amides is 2. The van der Waals surface area contributed by atoms with Crippen LogP contribution in [0, 0.1) is 6.92 Å². The summed E-state index contributed by atoms with van der Waals surface area (Å²) in [6, 6.07) is 3.61. The largest absolute Gasteiger partial charge is 0.464 e. The highest BCUT2D eigenvalue weighted by molar-refractivity contribution is 5.77. The number of hydrogen-bond acceptors (Lipinski definition) is 3. The van der Waals surface area contributed by atoms with Crippen LogP contribution in [0.4, 0.5) is 4.79 Å². The highest BCUT2D eigenvalue weighted by Crippen LogP contribution is 2.22. The topological polar surface area (TPSA) is 65.7 Å². The molecule has 2 rings (SSSR count). The molecule has 0 radical (unpaired) electrons. The van der Waals surface area contributed by atoms with E-state index >= 15 is 0 Å². The molecule has 1 atom stereocenters. The Bertz CT molecular complexity index is 375. The second-order valence-corrected chi connectivity index (χ2v) is 3.97. The average Bonchev–Trinajstić information content (AvgIpc) is 2.82. The third-order valence-electron chi connectivity index (χ3n) is 2.68. The maximum Gasteiger partial charge on any atom is 0.318 e. The molecule has 1 unspecified atom stereocenters. The van der Waals surface area contributed by atoms with E-state index < -0.39 is 0 Å². The summed E-state index contributed by atoms with van der Waals surface area (Å²) in [5.74, 6) is 1.63. The first-order chi connectivity index (χ1) is 7.70. The van der Waals surface area contributed by atoms with Gasteiger partial charge in [0.1, 0.15) is 17.6 Å². The quantitative estimate of drug-likeness (QED) is 0.803. The molecule has 16 heavy (non-hydrogen) atoms. The molecule has 88 valence electrons. The molecule has 0 bridgehead atoms. The lowest BCUT2D eigenvalue weighted by molar-refractivity contribution is 0.209. The third kappa shape index (κ3) is 2.19. The number of carbonyl (C=O) groups excluding carboxylic acids is 1. The van der Waals surface area contributed by atoms with Crippen LogP contribution in [0.15, 0.2) is 16.5 Å². The summed E-state index contributed by atoms with van der Waals surface area (Å²) in [4.78, 5) is 13.3. The number of aryl methyl sites for hydroxylation is 1. The zero-order valence-corrected chi connectivity index (χ0v) is 9.27. The summed E-state index contributed by atoms with van der Waals surface area (Å²) in [5.41, 5.74) is 0. The maximum atomic E-state index is 11.6. The van der Waals surface area contributed by atoms with Crippen LogP contribution in [-0.4, -0.2) is 35.7 Å². The molecule has 1 aliphatic rings. The first kappa shape index (κ1) is 11.0. The monoisotopic (exact) mass is 224 g/mol. The lowest BCUT2D eigenvalue weighted by Gasteiger charge is -2.12. The first-order valence-corrected chi connectivity index (χ1v) is 5.43. The van der Waals surface area contributed by atoms with Gasteiger partial charge in [-0.15, -0.1) is 0 Å². The first-order valence-electron chi connectivity index (χ1n) is 5.43. The maximum absolute atomic E-state index is 11.6. The van der Waals surface area contributed by atoms with Crippen molar-refractivity contribution in [1.82, 2.24) is 10.2 Å². The summed E-state index contributed by atoms with van der Waals surface area (Å²) in [5, 5.41) is 11.6. The molecular formula is C11H16N2O3. The third-order valence-corrected chi connectivity index (χ3v) is 2.68. The average molecular weight is 224 g/mol. The Hall–Kier alpha value is -1.49. The lowest BCUT2D eigenvalue weighted by atomic mass is 10.2. The highest BCUT2D eigenvalue weighted by atomic mass is 16.3. The van der Waals surface area contributed by atoms with E-state index in [0.29, 0.717) is 19.5 Å². The molecule has 0 spiro atoms. The van der Waals surface area contributed by atoms with E-state index in [1.807, 2.05) is 19.1 Å². The predicted octanol–water partition coefficient (Wildman–Crippen LogP) is 1.04. The predicted molar refractivity (Wildman–Crippen MR) is 58.0 cm³/mol. The summed E-state index contributed by atoms with van der Waals surface area (Å²) < 4.78 is 5.48. The zero-order chi connectivity index (χ0) is 11.5. The van der Waals surface area contributed by atoms with Crippen molar-refractivity contribution in [1.29, 1.82) is 0 Å². The van der Waals surface area contributed by atoms with Crippen molar-refractivity contribution >= 4 is 6.03 Å². The van der Waals surface area contributed by atoms with E-state index in [9.17, 15) is 4.79 Å². The van der Waals surface area contributed by atoms with E-state index in [1.54, 1.807) is 4.90 Å². The van der Waals surface area contributed by atoms with Gasteiger partial charge in [-0.3, -0.25) is 0 Å². The molecule has 0 saturated carbocycles. The summed E-state index contributed by atoms with van der Waals surface area (Å²) in [7, 11) is 0. The van der Waals surface area contributed by atoms with Gasteiger partial charge in [-0.25, -0.2) is 4.79 Å². The number of aliphatic hydroxyl groups is 1. The van der Waals surface area contributed by atoms with Gasteiger partial charge in [0, 0.05) is 19.7 Å². The molecule has 1 saturated heterocycles. The Morgan fingerprint density at radius 3 is 3.06 bits per heavy atom. The van der Waals surface area contributed by atoms with Crippen LogP contribution in [-0.2, 0) is 0 Å². The van der Waals surface area contributed by atoms with Gasteiger partial charge in [-0.2, -0.15) is 0 Å². The lowest BCUT2D eigenvalue weighted by Crippen LogP contribution is -2.29. The molecule has 1 fully saturated rings. The number of urea groups is 1. The van der Waals surface area contributed by atoms with Crippen LogP contribution >= 0.6 is 0 Å². The van der Waals surface area contributed by atoms with E-state index in [4.69, 9.17) is 9.52 Å². The van der Waals surface area contributed by atoms with Crippen LogP contribution in [0.1, 0.15) is 24.0 Å². The molecule has 1 aromatic heterocycles. The van der Waals surface area contributed by atoms with Gasteiger partial charge >= 0.3 is 6.03 Å². The summed E-state index contributed by atoms with van der Waals surface area (Å²) in [6.07, 6.45) is 0.608. The fourth-order valence-electron chi connectivity index (χ4n) is 1.85. The molecule has 1 aromatic rings. The number of carbonyl (C=O) groups is 1. The van der Waals surface area contributed by atoms with Crippen molar-refractivity contribution in [2.75, 3.05) is 19.7 Å². The van der Waals surface area contributed by atoms with Crippen molar-refractivity contribution < 1.29 is 14.3 Å². The van der Waals surface area contributed by atoms with E-state index in [2.05, 4.69) is 5.32 Å². The normalized spacial score (nSPS) is 20.2. The Kier molecular flexibility index (Phi) is 3.14. The van der Waals surface area contributed by atoms with E-state index in [1.165, 1.54) is 0 Å². The standard InChI is InChI=1S/C11H16N2O3/c1-8-3-4-10(16-8)9-7-13(5-2-6-14)11(15)12-9/h3-4,9,14H,2,5-7H2,1H3,(H,12,15). The van der Waals surface area contributed by atoms with Gasteiger partial charge in [0.25, 0.3) is 0 Å². The van der Waals surface area contributed by atoms with Gasteiger partial charge in [0.2, 0.25) is 0 Å². The number of nitrogens with zero attached hydrogens (tertiary/aromatic N) is 1. The minimum absolute atomic E-state index is 0.0695. The smallest absolute Gasteiger partial charge is 0.318 e. The van der Waals surface area contributed by atoms with Crippen LogP contribution < -0.4 is 5.32 Å². The molecule has 2 N–H and O–H groups in total. The van der Waals surface area contributed by atoms with Gasteiger partial charge in [-0.1, -0.05) is 0 Å². The van der Waals surface area contributed by atoms with Crippen LogP contribution in [0.2, 0.25) is 0 Å². The van der Waals surface area contributed by atoms with Gasteiger partial charge in [0.05, 0.1) is 0 Å². The van der Waals surface area contributed by atoms with Crippen LogP contribution in [0.3, 0.4) is 0 Å². The number of rotatable bonds is 4. The number of nitrogens with one attached hydrogen (secondary N) is 1. The van der Waals surface area contributed by atoms with Gasteiger partial charge in [0.15, 0.2) is 0 Å². The van der Waals surface area contributed by atoms with Crippen molar-refractivity contribution in [2.24, 2.45) is 0 Å². The molecular weight excluding hydrogens is 208 g/mol. The number of hydrogen-bond donors (Lipinski definition) is 2. The van der Waals surface area contributed by atoms with Crippen molar-refractivity contribution in [3.63, 3.8) is 0 Å². The second-order valence-electron chi connectivity index (χ2n) is 3.97. The van der Waals surface area contributed by atoms with Gasteiger partial charge < -0.3 is 19.7 Å². The summed E-state index contributed by atoms with van der Waals surface area (Å²) >= 11 is 0. The number of furan rings is 1. The summed E-state index contributed by atoms with van der Waals surface area (Å²) in [6.45, 7) is 3.17. The van der Waals surface area contributed by atoms with E-state index in [-0.39, 0.29) is 18.7 Å². The molecule has 1 aliphatic heterocycles. The van der Waals surface area contributed by atoms with Gasteiger partial charge in [-0.05, 0) is 25.5 Å². The Morgan fingerprint density at radius 1 is 1.62 bits per heavy atom. The van der Waals surface area contributed by atoms with Crippen molar-refractivity contribution in [3.05, 3.63) is 23.7 Å². The molecule has 0 aliphatic carbocycles. The minimum Gasteiger partial charge on any atom is -0.464 e. The van der Waals surface area contributed by atoms with Crippen LogP contribution in [0.5, 0.6) is 0 Å². The highest BCUT2D eigenvalue weighted by Gasteiger charge is 2.30. The van der Waals surface area contributed by atoms with E-state index in [0.717, 1.165) is 11.5 Å². The zero-order valence-electron chi connectivity index (χ0n) is 9.27. The Morgan fingerprint density at radius 2 is 2.44 bits per heavy atom. The van der Waals surface area contributed by atoms with Crippen molar-refractivity contribution in [3.8, 4) is 0 Å². The SMILES string of the molecule is Cc1ccc(C2CN(CCCO)C(=O)N2)o1. The molecule has 0 aromatic carbocycles.